The van der Waals surface area contributed by atoms with Crippen molar-refractivity contribution in [3.05, 3.63) is 30.5 Å². The predicted molar refractivity (Wildman–Crippen MR) is 90.2 cm³/mol. The summed E-state index contributed by atoms with van der Waals surface area (Å²) in [5.41, 5.74) is 8.15. The topological polar surface area (TPSA) is 104 Å². The Balaban J connectivity index is 1.65. The summed E-state index contributed by atoms with van der Waals surface area (Å²) in [7, 11) is 1.64. The molecule has 0 bridgehead atoms. The lowest BCUT2D eigenvalue weighted by molar-refractivity contribution is 0.414. The van der Waals surface area contributed by atoms with E-state index in [1.807, 2.05) is 24.3 Å². The van der Waals surface area contributed by atoms with Gasteiger partial charge in [0.05, 0.1) is 19.0 Å². The van der Waals surface area contributed by atoms with E-state index in [1.165, 1.54) is 0 Å². The first-order chi connectivity index (χ1) is 11.7. The SMILES string of the molecule is COc1ccc(-n2nnc3cnc(N[C@H]4CCC(N)C4)nc32)cc1. The summed E-state index contributed by atoms with van der Waals surface area (Å²) in [6.45, 7) is 0. The van der Waals surface area contributed by atoms with E-state index in [0.717, 1.165) is 30.7 Å². The van der Waals surface area contributed by atoms with Gasteiger partial charge in [0, 0.05) is 12.1 Å². The van der Waals surface area contributed by atoms with Gasteiger partial charge >= 0.3 is 0 Å². The van der Waals surface area contributed by atoms with Crippen molar-refractivity contribution in [1.82, 2.24) is 25.0 Å². The molecule has 1 fully saturated rings. The third-order valence-corrected chi connectivity index (χ3v) is 4.32. The Morgan fingerprint density at radius 3 is 2.79 bits per heavy atom. The Hall–Kier alpha value is -2.74. The number of benzene rings is 1. The number of hydrogen-bond donors (Lipinski definition) is 2. The molecule has 24 heavy (non-hydrogen) atoms. The molecule has 1 aliphatic rings. The average Bonchev–Trinajstić information content (AvgIpc) is 3.21. The average molecular weight is 325 g/mol. The number of methoxy groups -OCH3 is 1. The summed E-state index contributed by atoms with van der Waals surface area (Å²) in [4.78, 5) is 8.92. The molecule has 0 radical (unpaired) electrons. The molecule has 1 unspecified atom stereocenters. The highest BCUT2D eigenvalue weighted by Gasteiger charge is 2.22. The molecule has 1 saturated carbocycles. The maximum absolute atomic E-state index is 5.96. The Kier molecular flexibility index (Phi) is 3.73. The molecular formula is C16H19N7O. The van der Waals surface area contributed by atoms with E-state index in [1.54, 1.807) is 18.0 Å². The van der Waals surface area contributed by atoms with E-state index in [2.05, 4.69) is 25.6 Å². The standard InChI is InChI=1S/C16H19N7O/c1-24-13-6-4-12(5-7-13)23-15-14(21-22-23)9-18-16(20-15)19-11-3-2-10(17)8-11/h4-7,9-11H,2-3,8,17H2,1H3,(H,18,19,20)/t10?,11-/m0/s1. The summed E-state index contributed by atoms with van der Waals surface area (Å²) >= 11 is 0. The highest BCUT2D eigenvalue weighted by atomic mass is 16.5. The summed E-state index contributed by atoms with van der Waals surface area (Å²) in [6.07, 6.45) is 4.70. The molecule has 0 aliphatic heterocycles. The molecule has 124 valence electrons. The molecule has 1 aromatic carbocycles. The zero-order valence-corrected chi connectivity index (χ0v) is 13.4. The predicted octanol–water partition coefficient (Wildman–Crippen LogP) is 1.51. The van der Waals surface area contributed by atoms with Gasteiger partial charge in [-0.15, -0.1) is 5.10 Å². The van der Waals surface area contributed by atoms with Gasteiger partial charge in [-0.05, 0) is 43.5 Å². The first kappa shape index (κ1) is 14.8. The number of ether oxygens (including phenoxy) is 1. The van der Waals surface area contributed by atoms with E-state index >= 15 is 0 Å². The normalized spacial score (nSPS) is 20.4. The van der Waals surface area contributed by atoms with Crippen LogP contribution in [0.1, 0.15) is 19.3 Å². The molecule has 8 heteroatoms. The first-order valence-corrected chi connectivity index (χ1v) is 7.98. The van der Waals surface area contributed by atoms with Gasteiger partial charge in [-0.1, -0.05) is 5.21 Å². The van der Waals surface area contributed by atoms with Gasteiger partial charge in [-0.2, -0.15) is 9.67 Å². The number of nitrogens with two attached hydrogens (primary N) is 1. The van der Waals surface area contributed by atoms with Crippen LogP contribution in [-0.4, -0.2) is 44.2 Å². The monoisotopic (exact) mass is 325 g/mol. The molecule has 2 aromatic heterocycles. The van der Waals surface area contributed by atoms with Crippen molar-refractivity contribution >= 4 is 17.1 Å². The zero-order valence-electron chi connectivity index (χ0n) is 13.4. The van der Waals surface area contributed by atoms with Gasteiger partial charge < -0.3 is 15.8 Å². The van der Waals surface area contributed by atoms with E-state index in [0.29, 0.717) is 23.2 Å². The van der Waals surface area contributed by atoms with E-state index in [4.69, 9.17) is 10.5 Å². The minimum absolute atomic E-state index is 0.262. The van der Waals surface area contributed by atoms with Crippen molar-refractivity contribution in [2.75, 3.05) is 12.4 Å². The Bertz CT molecular complexity index is 845. The molecule has 0 saturated heterocycles. The fourth-order valence-electron chi connectivity index (χ4n) is 3.03. The van der Waals surface area contributed by atoms with Crippen LogP contribution in [0.25, 0.3) is 16.9 Å². The molecule has 2 atom stereocenters. The van der Waals surface area contributed by atoms with Crippen LogP contribution in [0.5, 0.6) is 5.75 Å². The number of anilines is 1. The van der Waals surface area contributed by atoms with Crippen molar-refractivity contribution in [3.8, 4) is 11.4 Å². The minimum atomic E-state index is 0.262. The van der Waals surface area contributed by atoms with Gasteiger partial charge in [0.15, 0.2) is 11.2 Å². The Morgan fingerprint density at radius 1 is 1.25 bits per heavy atom. The maximum atomic E-state index is 5.96. The second kappa shape index (κ2) is 6.04. The van der Waals surface area contributed by atoms with Crippen molar-refractivity contribution in [3.63, 3.8) is 0 Å². The van der Waals surface area contributed by atoms with Crippen molar-refractivity contribution in [2.24, 2.45) is 5.73 Å². The van der Waals surface area contributed by atoms with E-state index in [9.17, 15) is 0 Å². The molecule has 3 N–H and O–H groups in total. The molecule has 8 nitrogen and oxygen atoms in total. The van der Waals surface area contributed by atoms with Crippen LogP contribution in [0, 0.1) is 0 Å². The van der Waals surface area contributed by atoms with Gasteiger partial charge in [-0.3, -0.25) is 0 Å². The largest absolute Gasteiger partial charge is 0.497 e. The zero-order chi connectivity index (χ0) is 16.5. The third-order valence-electron chi connectivity index (χ3n) is 4.32. The third kappa shape index (κ3) is 2.76. The van der Waals surface area contributed by atoms with E-state index in [-0.39, 0.29) is 6.04 Å². The van der Waals surface area contributed by atoms with Crippen molar-refractivity contribution in [2.45, 2.75) is 31.3 Å². The van der Waals surface area contributed by atoms with Gasteiger partial charge in [0.2, 0.25) is 5.95 Å². The minimum Gasteiger partial charge on any atom is -0.497 e. The smallest absolute Gasteiger partial charge is 0.225 e. The second-order valence-corrected chi connectivity index (χ2v) is 6.02. The van der Waals surface area contributed by atoms with Crippen LogP contribution in [0.4, 0.5) is 5.95 Å². The number of aromatic nitrogens is 5. The van der Waals surface area contributed by atoms with Crippen LogP contribution in [0.2, 0.25) is 0 Å². The van der Waals surface area contributed by atoms with Crippen LogP contribution < -0.4 is 15.8 Å². The van der Waals surface area contributed by atoms with Gasteiger partial charge in [-0.25, -0.2) is 4.98 Å². The highest BCUT2D eigenvalue weighted by Crippen LogP contribution is 2.22. The lowest BCUT2D eigenvalue weighted by atomic mass is 10.2. The summed E-state index contributed by atoms with van der Waals surface area (Å²) in [6, 6.07) is 8.17. The van der Waals surface area contributed by atoms with Crippen LogP contribution in [-0.2, 0) is 0 Å². The maximum Gasteiger partial charge on any atom is 0.225 e. The van der Waals surface area contributed by atoms with Crippen molar-refractivity contribution < 1.29 is 4.74 Å². The van der Waals surface area contributed by atoms with E-state index < -0.39 is 0 Å². The summed E-state index contributed by atoms with van der Waals surface area (Å²) < 4.78 is 6.88. The Morgan fingerprint density at radius 2 is 2.08 bits per heavy atom. The number of fused-ring (bicyclic) bond motifs is 1. The summed E-state index contributed by atoms with van der Waals surface area (Å²) in [5.74, 6) is 1.37. The molecule has 2 heterocycles. The first-order valence-electron chi connectivity index (χ1n) is 7.98. The lowest BCUT2D eigenvalue weighted by Crippen LogP contribution is -2.21. The van der Waals surface area contributed by atoms with Gasteiger partial charge in [0.25, 0.3) is 0 Å². The highest BCUT2D eigenvalue weighted by molar-refractivity contribution is 5.72. The summed E-state index contributed by atoms with van der Waals surface area (Å²) in [5, 5.41) is 11.7. The number of nitrogens with one attached hydrogen (secondary N) is 1. The lowest BCUT2D eigenvalue weighted by Gasteiger charge is -2.12. The molecule has 4 rings (SSSR count). The van der Waals surface area contributed by atoms with Gasteiger partial charge in [0.1, 0.15) is 5.75 Å². The molecular weight excluding hydrogens is 306 g/mol. The quantitative estimate of drug-likeness (QED) is 0.749. The second-order valence-electron chi connectivity index (χ2n) is 6.02. The van der Waals surface area contributed by atoms with Crippen LogP contribution in [0.15, 0.2) is 30.5 Å². The van der Waals surface area contributed by atoms with Crippen LogP contribution >= 0.6 is 0 Å². The van der Waals surface area contributed by atoms with Crippen molar-refractivity contribution in [1.29, 1.82) is 0 Å². The van der Waals surface area contributed by atoms with Crippen LogP contribution in [0.3, 0.4) is 0 Å². The molecule has 0 amide bonds. The fourth-order valence-corrected chi connectivity index (χ4v) is 3.03. The number of hydrogen-bond acceptors (Lipinski definition) is 7. The fraction of sp³-hybridized carbons (Fsp3) is 0.375. The Labute approximate surface area is 139 Å². The number of nitrogens with zero attached hydrogens (tertiary/aromatic N) is 5. The molecule has 0 spiro atoms. The number of rotatable bonds is 4. The molecule has 1 aliphatic carbocycles. The molecule has 3 aromatic rings.